The standard InChI is InChI=1S/C11H19I/c1-11(2,3)8-9-4-6-10(12)7-5-9/h4,10H,5-8H2,1-3H3. The molecule has 0 aromatic carbocycles. The van der Waals surface area contributed by atoms with Crippen LogP contribution >= 0.6 is 22.6 Å². The predicted molar refractivity (Wildman–Crippen MR) is 63.8 cm³/mol. The van der Waals surface area contributed by atoms with Gasteiger partial charge in [0.25, 0.3) is 0 Å². The maximum absolute atomic E-state index is 2.56. The van der Waals surface area contributed by atoms with E-state index in [2.05, 4.69) is 49.4 Å². The van der Waals surface area contributed by atoms with Crippen LogP contribution in [0.3, 0.4) is 0 Å². The third-order valence-corrected chi connectivity index (χ3v) is 3.33. The minimum atomic E-state index is 0.476. The molecule has 1 heteroatoms. The molecule has 0 saturated carbocycles. The van der Waals surface area contributed by atoms with Crippen molar-refractivity contribution in [1.29, 1.82) is 0 Å². The van der Waals surface area contributed by atoms with Crippen molar-refractivity contribution in [2.75, 3.05) is 0 Å². The van der Waals surface area contributed by atoms with E-state index in [0.29, 0.717) is 5.41 Å². The van der Waals surface area contributed by atoms with Gasteiger partial charge in [0.05, 0.1) is 0 Å². The topological polar surface area (TPSA) is 0 Å². The lowest BCUT2D eigenvalue weighted by Gasteiger charge is -2.24. The molecule has 1 unspecified atom stereocenters. The molecular weight excluding hydrogens is 259 g/mol. The summed E-state index contributed by atoms with van der Waals surface area (Å²) in [5.41, 5.74) is 2.17. The van der Waals surface area contributed by atoms with Gasteiger partial charge in [-0.15, -0.1) is 0 Å². The lowest BCUT2D eigenvalue weighted by atomic mass is 9.84. The monoisotopic (exact) mass is 278 g/mol. The number of rotatable bonds is 1. The number of hydrogen-bond donors (Lipinski definition) is 0. The van der Waals surface area contributed by atoms with Crippen LogP contribution in [-0.4, -0.2) is 3.92 Å². The van der Waals surface area contributed by atoms with Gasteiger partial charge >= 0.3 is 0 Å². The molecule has 1 aliphatic carbocycles. The third-order valence-electron chi connectivity index (χ3n) is 2.20. The molecule has 0 saturated heterocycles. The van der Waals surface area contributed by atoms with E-state index in [0.717, 1.165) is 3.92 Å². The Morgan fingerprint density at radius 3 is 2.58 bits per heavy atom. The highest BCUT2D eigenvalue weighted by molar-refractivity contribution is 14.1. The quantitative estimate of drug-likeness (QED) is 0.380. The van der Waals surface area contributed by atoms with Crippen LogP contribution in [0.1, 0.15) is 46.5 Å². The fraction of sp³-hybridized carbons (Fsp3) is 0.818. The molecule has 12 heavy (non-hydrogen) atoms. The minimum Gasteiger partial charge on any atom is -0.0843 e. The first-order valence-electron chi connectivity index (χ1n) is 4.79. The highest BCUT2D eigenvalue weighted by Crippen LogP contribution is 2.32. The zero-order chi connectivity index (χ0) is 9.19. The number of alkyl halides is 1. The van der Waals surface area contributed by atoms with Gasteiger partial charge in [0.1, 0.15) is 0 Å². The maximum atomic E-state index is 2.56. The lowest BCUT2D eigenvalue weighted by molar-refractivity contribution is 0.400. The first-order chi connectivity index (χ1) is 5.47. The SMILES string of the molecule is CC(C)(C)CC1=CCC(I)CC1. The van der Waals surface area contributed by atoms with Crippen LogP contribution in [0.15, 0.2) is 11.6 Å². The average Bonchev–Trinajstić information content (AvgIpc) is 1.91. The number of halogens is 1. The number of hydrogen-bond acceptors (Lipinski definition) is 0. The second kappa shape index (κ2) is 4.12. The molecule has 0 bridgehead atoms. The van der Waals surface area contributed by atoms with E-state index in [-0.39, 0.29) is 0 Å². The molecule has 0 nitrogen and oxygen atoms in total. The Morgan fingerprint density at radius 2 is 2.17 bits per heavy atom. The van der Waals surface area contributed by atoms with Crippen LogP contribution in [0.2, 0.25) is 0 Å². The maximum Gasteiger partial charge on any atom is 0.0147 e. The first kappa shape index (κ1) is 10.6. The average molecular weight is 278 g/mol. The second-order valence-electron chi connectivity index (χ2n) is 4.97. The van der Waals surface area contributed by atoms with E-state index >= 15 is 0 Å². The summed E-state index contributed by atoms with van der Waals surface area (Å²) in [5.74, 6) is 0. The Balaban J connectivity index is 2.44. The molecule has 1 rings (SSSR count). The smallest absolute Gasteiger partial charge is 0.0147 e. The van der Waals surface area contributed by atoms with E-state index < -0.39 is 0 Å². The van der Waals surface area contributed by atoms with Crippen LogP contribution in [0.4, 0.5) is 0 Å². The van der Waals surface area contributed by atoms with Gasteiger partial charge in [-0.2, -0.15) is 0 Å². The Bertz CT molecular complexity index is 174. The van der Waals surface area contributed by atoms with Gasteiger partial charge in [-0.05, 0) is 31.1 Å². The molecule has 0 aromatic heterocycles. The van der Waals surface area contributed by atoms with E-state index in [1.165, 1.54) is 25.7 Å². The van der Waals surface area contributed by atoms with Crippen molar-refractivity contribution >= 4 is 22.6 Å². The summed E-state index contributed by atoms with van der Waals surface area (Å²) in [7, 11) is 0. The molecule has 0 amide bonds. The molecule has 1 atom stereocenters. The van der Waals surface area contributed by atoms with Crippen LogP contribution in [0.5, 0.6) is 0 Å². The predicted octanol–water partition coefficient (Wildman–Crippen LogP) is 4.34. The minimum absolute atomic E-state index is 0.476. The van der Waals surface area contributed by atoms with Crippen molar-refractivity contribution < 1.29 is 0 Å². The summed E-state index contributed by atoms with van der Waals surface area (Å²) >= 11 is 2.56. The fourth-order valence-corrected chi connectivity index (χ4v) is 2.26. The van der Waals surface area contributed by atoms with E-state index in [1.54, 1.807) is 5.57 Å². The highest BCUT2D eigenvalue weighted by atomic mass is 127. The molecule has 1 aliphatic rings. The fourth-order valence-electron chi connectivity index (χ4n) is 1.70. The van der Waals surface area contributed by atoms with Crippen molar-refractivity contribution in [3.63, 3.8) is 0 Å². The summed E-state index contributed by atoms with van der Waals surface area (Å²) in [6.07, 6.45) is 7.78. The summed E-state index contributed by atoms with van der Waals surface area (Å²) in [6.45, 7) is 6.97. The summed E-state index contributed by atoms with van der Waals surface area (Å²) in [6, 6.07) is 0. The number of allylic oxidation sites excluding steroid dienone is 2. The first-order valence-corrected chi connectivity index (χ1v) is 6.04. The van der Waals surface area contributed by atoms with E-state index in [9.17, 15) is 0 Å². The molecule has 0 N–H and O–H groups in total. The third kappa shape index (κ3) is 3.92. The molecule has 0 aromatic rings. The van der Waals surface area contributed by atoms with Gasteiger partial charge in [0.15, 0.2) is 0 Å². The van der Waals surface area contributed by atoms with Gasteiger partial charge in [-0.3, -0.25) is 0 Å². The van der Waals surface area contributed by atoms with Gasteiger partial charge in [0, 0.05) is 3.92 Å². The Labute approximate surface area is 90.0 Å². The molecule has 0 radical (unpaired) electrons. The van der Waals surface area contributed by atoms with Crippen LogP contribution in [0.25, 0.3) is 0 Å². The van der Waals surface area contributed by atoms with Crippen molar-refractivity contribution in [3.8, 4) is 0 Å². The molecular formula is C11H19I. The molecule has 70 valence electrons. The Morgan fingerprint density at radius 1 is 1.50 bits per heavy atom. The largest absolute Gasteiger partial charge is 0.0843 e. The molecule has 0 heterocycles. The summed E-state index contributed by atoms with van der Waals surface area (Å²) in [4.78, 5) is 0. The Hall–Kier alpha value is 0.470. The van der Waals surface area contributed by atoms with Gasteiger partial charge in [-0.25, -0.2) is 0 Å². The second-order valence-corrected chi connectivity index (χ2v) is 6.73. The normalized spacial score (nSPS) is 25.3. The van der Waals surface area contributed by atoms with Crippen LogP contribution in [0, 0.1) is 5.41 Å². The van der Waals surface area contributed by atoms with Gasteiger partial charge < -0.3 is 0 Å². The van der Waals surface area contributed by atoms with E-state index in [1.807, 2.05) is 0 Å². The summed E-state index contributed by atoms with van der Waals surface area (Å²) < 4.78 is 0.895. The van der Waals surface area contributed by atoms with Crippen LogP contribution in [-0.2, 0) is 0 Å². The van der Waals surface area contributed by atoms with Crippen molar-refractivity contribution in [3.05, 3.63) is 11.6 Å². The lowest BCUT2D eigenvalue weighted by Crippen LogP contribution is -2.10. The van der Waals surface area contributed by atoms with Crippen LogP contribution < -0.4 is 0 Å². The zero-order valence-corrected chi connectivity index (χ0v) is 10.5. The molecule has 0 spiro atoms. The molecule has 0 fully saturated rings. The highest BCUT2D eigenvalue weighted by Gasteiger charge is 2.16. The zero-order valence-electron chi connectivity index (χ0n) is 8.36. The van der Waals surface area contributed by atoms with Crippen molar-refractivity contribution in [2.45, 2.75) is 50.4 Å². The molecule has 0 aliphatic heterocycles. The van der Waals surface area contributed by atoms with Crippen molar-refractivity contribution in [2.24, 2.45) is 5.41 Å². The van der Waals surface area contributed by atoms with Gasteiger partial charge in [-0.1, -0.05) is 55.0 Å². The van der Waals surface area contributed by atoms with E-state index in [4.69, 9.17) is 0 Å². The summed E-state index contributed by atoms with van der Waals surface area (Å²) in [5, 5.41) is 0. The Kier molecular flexibility index (Phi) is 3.62. The van der Waals surface area contributed by atoms with Gasteiger partial charge in [0.2, 0.25) is 0 Å². The van der Waals surface area contributed by atoms with Crippen molar-refractivity contribution in [1.82, 2.24) is 0 Å².